The molecule has 15 heavy (non-hydrogen) atoms. The Hall–Kier alpha value is -1.02. The van der Waals surface area contributed by atoms with Gasteiger partial charge in [-0.15, -0.1) is 0 Å². The van der Waals surface area contributed by atoms with E-state index in [0.29, 0.717) is 6.04 Å². The highest BCUT2D eigenvalue weighted by Crippen LogP contribution is 2.40. The molecule has 0 saturated carbocycles. The van der Waals surface area contributed by atoms with Crippen LogP contribution in [0.5, 0.6) is 0 Å². The average Bonchev–Trinajstić information content (AvgIpc) is 2.76. The first-order chi connectivity index (χ1) is 7.29. The van der Waals surface area contributed by atoms with Gasteiger partial charge in [-0.2, -0.15) is 0 Å². The summed E-state index contributed by atoms with van der Waals surface area (Å²) in [6, 6.07) is 8.15. The van der Waals surface area contributed by atoms with Gasteiger partial charge in [-0.25, -0.2) is 0 Å². The van der Waals surface area contributed by atoms with Crippen molar-refractivity contribution in [2.45, 2.75) is 38.3 Å². The van der Waals surface area contributed by atoms with Crippen LogP contribution in [-0.2, 0) is 6.42 Å². The molecule has 2 aliphatic rings. The number of hydrogen-bond donors (Lipinski definition) is 1. The third-order valence-corrected chi connectivity index (χ3v) is 3.87. The van der Waals surface area contributed by atoms with Crippen LogP contribution in [0, 0.1) is 6.92 Å². The zero-order valence-electron chi connectivity index (χ0n) is 9.24. The number of anilines is 1. The number of rotatable bonds is 1. The molecule has 1 aromatic carbocycles. The van der Waals surface area contributed by atoms with Crippen LogP contribution in [0.25, 0.3) is 0 Å². The molecule has 0 aromatic heterocycles. The second-order valence-electron chi connectivity index (χ2n) is 4.86. The van der Waals surface area contributed by atoms with E-state index in [1.54, 1.807) is 0 Å². The van der Waals surface area contributed by atoms with Crippen LogP contribution in [0.4, 0.5) is 5.69 Å². The van der Waals surface area contributed by atoms with Crippen LogP contribution in [0.2, 0.25) is 0 Å². The van der Waals surface area contributed by atoms with Gasteiger partial charge in [0.25, 0.3) is 0 Å². The molecule has 2 N–H and O–H groups in total. The summed E-state index contributed by atoms with van der Waals surface area (Å²) in [5, 5.41) is 0. The maximum Gasteiger partial charge on any atom is 0.0416 e. The molecule has 1 aromatic rings. The molecule has 2 heterocycles. The molecule has 2 unspecified atom stereocenters. The zero-order valence-corrected chi connectivity index (χ0v) is 9.24. The number of nitrogens with zero attached hydrogens (tertiary/aromatic N) is 1. The Balaban J connectivity index is 2.03. The molecule has 3 rings (SSSR count). The molecule has 0 amide bonds. The van der Waals surface area contributed by atoms with Crippen molar-refractivity contribution in [3.05, 3.63) is 29.3 Å². The number of aryl methyl sites for hydroxylation is 1. The fraction of sp³-hybridized carbons (Fsp3) is 0.538. The minimum atomic E-state index is 0.582. The first kappa shape index (κ1) is 9.22. The summed E-state index contributed by atoms with van der Waals surface area (Å²) in [6.45, 7) is 2.96. The van der Waals surface area contributed by atoms with Gasteiger partial charge in [0.1, 0.15) is 0 Å². The minimum absolute atomic E-state index is 0.582. The summed E-state index contributed by atoms with van der Waals surface area (Å²) in [5.74, 6) is 0. The summed E-state index contributed by atoms with van der Waals surface area (Å²) in [5.41, 5.74) is 10.2. The van der Waals surface area contributed by atoms with Crippen LogP contribution in [0.15, 0.2) is 18.2 Å². The van der Waals surface area contributed by atoms with Gasteiger partial charge in [0, 0.05) is 24.3 Å². The Labute approximate surface area is 91.1 Å². The van der Waals surface area contributed by atoms with Crippen molar-refractivity contribution in [3.8, 4) is 0 Å². The number of hydrogen-bond acceptors (Lipinski definition) is 2. The molecule has 0 radical (unpaired) electrons. The van der Waals surface area contributed by atoms with Gasteiger partial charge in [-0.1, -0.05) is 12.1 Å². The Bertz CT molecular complexity index is 384. The Morgan fingerprint density at radius 2 is 2.27 bits per heavy atom. The molecule has 0 aliphatic carbocycles. The summed E-state index contributed by atoms with van der Waals surface area (Å²) in [4.78, 5) is 2.57. The predicted octanol–water partition coefficient (Wildman–Crippen LogP) is 1.85. The van der Waals surface area contributed by atoms with Gasteiger partial charge in [0.2, 0.25) is 0 Å². The third-order valence-electron chi connectivity index (χ3n) is 3.87. The molecular formula is C13H18N2. The van der Waals surface area contributed by atoms with Gasteiger partial charge in [-0.05, 0) is 43.4 Å². The number of benzene rings is 1. The fourth-order valence-corrected chi connectivity index (χ4v) is 3.13. The molecule has 1 saturated heterocycles. The monoisotopic (exact) mass is 202 g/mol. The topological polar surface area (TPSA) is 29.3 Å². The van der Waals surface area contributed by atoms with E-state index in [0.717, 1.165) is 12.6 Å². The van der Waals surface area contributed by atoms with Crippen molar-refractivity contribution in [1.82, 2.24) is 0 Å². The molecule has 0 bridgehead atoms. The molecule has 2 atom stereocenters. The molecule has 1 fully saturated rings. The summed E-state index contributed by atoms with van der Waals surface area (Å²) >= 11 is 0. The van der Waals surface area contributed by atoms with Crippen LogP contribution in [0.3, 0.4) is 0 Å². The van der Waals surface area contributed by atoms with Gasteiger partial charge >= 0.3 is 0 Å². The van der Waals surface area contributed by atoms with Crippen LogP contribution < -0.4 is 10.6 Å². The minimum Gasteiger partial charge on any atom is -0.364 e. The number of nitrogens with two attached hydrogens (primary N) is 1. The zero-order chi connectivity index (χ0) is 10.4. The first-order valence-electron chi connectivity index (χ1n) is 5.87. The lowest BCUT2D eigenvalue weighted by atomic mass is 10.0. The molecular weight excluding hydrogens is 184 g/mol. The average molecular weight is 202 g/mol. The third kappa shape index (κ3) is 1.28. The number of fused-ring (bicyclic) bond motifs is 3. The van der Waals surface area contributed by atoms with Gasteiger partial charge < -0.3 is 10.6 Å². The second-order valence-corrected chi connectivity index (χ2v) is 4.86. The SMILES string of the molecule is Cc1ccc2c(c1)N1C(CN)CCC1C2. The highest BCUT2D eigenvalue weighted by molar-refractivity contribution is 5.62. The van der Waals surface area contributed by atoms with E-state index in [1.165, 1.54) is 36.1 Å². The largest absolute Gasteiger partial charge is 0.364 e. The molecule has 80 valence electrons. The van der Waals surface area contributed by atoms with Crippen molar-refractivity contribution in [3.63, 3.8) is 0 Å². The van der Waals surface area contributed by atoms with Crippen molar-refractivity contribution < 1.29 is 0 Å². The molecule has 2 aliphatic heterocycles. The summed E-state index contributed by atoms with van der Waals surface area (Å²) < 4.78 is 0. The highest BCUT2D eigenvalue weighted by atomic mass is 15.2. The molecule has 0 spiro atoms. The Morgan fingerprint density at radius 1 is 1.40 bits per heavy atom. The first-order valence-corrected chi connectivity index (χ1v) is 5.87. The van der Waals surface area contributed by atoms with E-state index in [4.69, 9.17) is 5.73 Å². The van der Waals surface area contributed by atoms with Gasteiger partial charge in [-0.3, -0.25) is 0 Å². The second kappa shape index (κ2) is 3.24. The van der Waals surface area contributed by atoms with Crippen molar-refractivity contribution in [2.24, 2.45) is 5.73 Å². The Morgan fingerprint density at radius 3 is 3.07 bits per heavy atom. The fourth-order valence-electron chi connectivity index (χ4n) is 3.13. The standard InChI is InChI=1S/C13H18N2/c1-9-2-3-10-7-11-4-5-12(8-14)15(11)13(10)6-9/h2-3,6,11-12H,4-5,7-8,14H2,1H3. The maximum atomic E-state index is 5.84. The van der Waals surface area contributed by atoms with Gasteiger partial charge in [0.15, 0.2) is 0 Å². The van der Waals surface area contributed by atoms with E-state index >= 15 is 0 Å². The van der Waals surface area contributed by atoms with Crippen molar-refractivity contribution in [2.75, 3.05) is 11.4 Å². The van der Waals surface area contributed by atoms with Crippen LogP contribution in [0.1, 0.15) is 24.0 Å². The smallest absolute Gasteiger partial charge is 0.0416 e. The molecule has 2 heteroatoms. The van der Waals surface area contributed by atoms with Crippen LogP contribution in [-0.4, -0.2) is 18.6 Å². The quantitative estimate of drug-likeness (QED) is 0.753. The van der Waals surface area contributed by atoms with E-state index < -0.39 is 0 Å². The normalized spacial score (nSPS) is 28.0. The maximum absolute atomic E-state index is 5.84. The lowest BCUT2D eigenvalue weighted by Crippen LogP contribution is -2.37. The van der Waals surface area contributed by atoms with Crippen molar-refractivity contribution >= 4 is 5.69 Å². The Kier molecular flexibility index (Phi) is 1.99. The van der Waals surface area contributed by atoms with Gasteiger partial charge in [0.05, 0.1) is 0 Å². The van der Waals surface area contributed by atoms with E-state index in [2.05, 4.69) is 30.0 Å². The summed E-state index contributed by atoms with van der Waals surface area (Å²) in [6.07, 6.45) is 3.82. The predicted molar refractivity (Wildman–Crippen MR) is 63.2 cm³/mol. The van der Waals surface area contributed by atoms with E-state index in [1.807, 2.05) is 0 Å². The van der Waals surface area contributed by atoms with E-state index in [-0.39, 0.29) is 0 Å². The lowest BCUT2D eigenvalue weighted by molar-refractivity contribution is 0.659. The van der Waals surface area contributed by atoms with Crippen molar-refractivity contribution in [1.29, 1.82) is 0 Å². The van der Waals surface area contributed by atoms with Crippen LogP contribution >= 0.6 is 0 Å². The molecule has 2 nitrogen and oxygen atoms in total. The van der Waals surface area contributed by atoms with E-state index in [9.17, 15) is 0 Å². The highest BCUT2D eigenvalue weighted by Gasteiger charge is 2.38. The summed E-state index contributed by atoms with van der Waals surface area (Å²) in [7, 11) is 0. The lowest BCUT2D eigenvalue weighted by Gasteiger charge is -2.26.